The monoisotopic (exact) mass is 304 g/mol. The van der Waals surface area contributed by atoms with E-state index in [0.29, 0.717) is 11.6 Å². The number of rotatable bonds is 3. The normalized spacial score (nSPS) is 19.9. The Hall–Kier alpha value is -0.950. The van der Waals surface area contributed by atoms with Crippen LogP contribution in [0, 0.1) is 0 Å². The first-order valence-corrected chi connectivity index (χ1v) is 7.71. The summed E-state index contributed by atoms with van der Waals surface area (Å²) < 4.78 is 5.30. The summed E-state index contributed by atoms with van der Waals surface area (Å²) in [7, 11) is 0. The van der Waals surface area contributed by atoms with Crippen molar-refractivity contribution in [3.05, 3.63) is 0 Å². The smallest absolute Gasteiger partial charge is 0.411 e. The van der Waals surface area contributed by atoms with Crippen LogP contribution in [0.2, 0.25) is 0 Å². The highest BCUT2D eigenvalue weighted by molar-refractivity contribution is 7.99. The van der Waals surface area contributed by atoms with Crippen LogP contribution in [0.1, 0.15) is 34.6 Å². The highest BCUT2D eigenvalue weighted by Gasteiger charge is 2.38. The van der Waals surface area contributed by atoms with E-state index in [1.807, 2.05) is 0 Å². The minimum Gasteiger partial charge on any atom is -0.444 e. The van der Waals surface area contributed by atoms with Crippen LogP contribution in [-0.2, 0) is 9.53 Å². The molecule has 20 heavy (non-hydrogen) atoms. The second kappa shape index (κ2) is 6.22. The second-order valence-corrected chi connectivity index (χ2v) is 7.50. The van der Waals surface area contributed by atoms with E-state index >= 15 is 0 Å². The number of nitrogens with zero attached hydrogens (tertiary/aromatic N) is 1. The van der Waals surface area contributed by atoms with Crippen molar-refractivity contribution < 1.29 is 19.4 Å². The summed E-state index contributed by atoms with van der Waals surface area (Å²) in [6.07, 6.45) is -0.482. The average molecular weight is 304 g/mol. The molecule has 6 nitrogen and oxygen atoms in total. The van der Waals surface area contributed by atoms with Crippen LogP contribution in [0.25, 0.3) is 0 Å². The van der Waals surface area contributed by atoms with Crippen molar-refractivity contribution in [2.24, 2.45) is 0 Å². The summed E-state index contributed by atoms with van der Waals surface area (Å²) in [5.74, 6) is 0.707. The molecule has 1 fully saturated rings. The summed E-state index contributed by atoms with van der Waals surface area (Å²) in [6.45, 7) is 8.66. The summed E-state index contributed by atoms with van der Waals surface area (Å²) in [6, 6.07) is -0.555. The molecule has 1 heterocycles. The summed E-state index contributed by atoms with van der Waals surface area (Å²) in [5, 5.41) is 11.9. The largest absolute Gasteiger partial charge is 0.444 e. The second-order valence-electron chi connectivity index (χ2n) is 6.50. The Kier molecular flexibility index (Phi) is 5.32. The van der Waals surface area contributed by atoms with Crippen molar-refractivity contribution in [3.63, 3.8) is 0 Å². The molecule has 1 aliphatic heterocycles. The van der Waals surface area contributed by atoms with Gasteiger partial charge in [-0.15, -0.1) is 11.8 Å². The molecule has 2 N–H and O–H groups in total. The lowest BCUT2D eigenvalue weighted by Crippen LogP contribution is -2.55. The SMILES string of the molecule is CC(C)(CO)NC(=O)[C@@H]1CSCN1C(=O)OC(C)(C)C. The molecule has 0 aliphatic carbocycles. The van der Waals surface area contributed by atoms with Gasteiger partial charge in [-0.1, -0.05) is 0 Å². The Bertz CT molecular complexity index is 379. The van der Waals surface area contributed by atoms with Crippen LogP contribution in [-0.4, -0.2) is 57.4 Å². The van der Waals surface area contributed by atoms with Crippen LogP contribution in [0.15, 0.2) is 0 Å². The van der Waals surface area contributed by atoms with E-state index in [9.17, 15) is 14.7 Å². The zero-order chi connectivity index (χ0) is 15.6. The summed E-state index contributed by atoms with van der Waals surface area (Å²) in [5.41, 5.74) is -1.29. The van der Waals surface area contributed by atoms with Gasteiger partial charge in [-0.2, -0.15) is 0 Å². The predicted octanol–water partition coefficient (Wildman–Crippen LogP) is 1.18. The number of carbonyl (C=O) groups excluding carboxylic acids is 2. The number of carbonyl (C=O) groups is 2. The standard InChI is InChI=1S/C13H24N2O4S/c1-12(2,3)19-11(18)15-8-20-6-9(15)10(17)14-13(4,5)7-16/h9,16H,6-8H2,1-5H3,(H,14,17)/t9-/m0/s1. The van der Waals surface area contributed by atoms with E-state index < -0.39 is 23.3 Å². The fraction of sp³-hybridized carbons (Fsp3) is 0.846. The van der Waals surface area contributed by atoms with E-state index in [0.717, 1.165) is 0 Å². The third-order valence-electron chi connectivity index (χ3n) is 2.67. The molecule has 7 heteroatoms. The molecule has 0 aromatic heterocycles. The van der Waals surface area contributed by atoms with E-state index in [4.69, 9.17) is 4.74 Å². The van der Waals surface area contributed by atoms with Gasteiger partial charge in [-0.25, -0.2) is 4.79 Å². The van der Waals surface area contributed by atoms with Crippen LogP contribution in [0.3, 0.4) is 0 Å². The topological polar surface area (TPSA) is 78.9 Å². The fourth-order valence-corrected chi connectivity index (χ4v) is 2.76. The van der Waals surface area contributed by atoms with Gasteiger partial charge in [0.2, 0.25) is 5.91 Å². The maximum absolute atomic E-state index is 12.2. The summed E-state index contributed by atoms with van der Waals surface area (Å²) >= 11 is 1.51. The van der Waals surface area contributed by atoms with Gasteiger partial charge in [-0.3, -0.25) is 9.69 Å². The molecule has 0 saturated carbocycles. The van der Waals surface area contributed by atoms with Crippen molar-refractivity contribution >= 4 is 23.8 Å². The van der Waals surface area contributed by atoms with Crippen molar-refractivity contribution in [3.8, 4) is 0 Å². The number of amides is 2. The minimum atomic E-state index is -0.704. The van der Waals surface area contributed by atoms with Crippen molar-refractivity contribution in [1.29, 1.82) is 0 Å². The van der Waals surface area contributed by atoms with E-state index in [-0.39, 0.29) is 12.5 Å². The first-order valence-electron chi connectivity index (χ1n) is 6.56. The maximum Gasteiger partial charge on any atom is 0.411 e. The van der Waals surface area contributed by atoms with Gasteiger partial charge < -0.3 is 15.2 Å². The van der Waals surface area contributed by atoms with Gasteiger partial charge in [0.15, 0.2) is 0 Å². The molecule has 0 spiro atoms. The number of aliphatic hydroxyl groups excluding tert-OH is 1. The van der Waals surface area contributed by atoms with E-state index in [1.54, 1.807) is 34.6 Å². The van der Waals surface area contributed by atoms with Crippen LogP contribution >= 0.6 is 11.8 Å². The first-order chi connectivity index (χ1) is 9.06. The number of hydrogen-bond acceptors (Lipinski definition) is 5. The van der Waals surface area contributed by atoms with Gasteiger partial charge in [0.25, 0.3) is 0 Å². The third kappa shape index (κ3) is 4.86. The minimum absolute atomic E-state index is 0.162. The molecule has 1 atom stereocenters. The lowest BCUT2D eigenvalue weighted by Gasteiger charge is -2.30. The van der Waals surface area contributed by atoms with Crippen LogP contribution in [0.4, 0.5) is 4.79 Å². The van der Waals surface area contributed by atoms with Gasteiger partial charge in [0, 0.05) is 5.75 Å². The Morgan fingerprint density at radius 2 is 1.95 bits per heavy atom. The molecule has 0 aromatic carbocycles. The van der Waals surface area contributed by atoms with Crippen molar-refractivity contribution in [1.82, 2.24) is 10.2 Å². The highest BCUT2D eigenvalue weighted by Crippen LogP contribution is 2.24. The molecule has 116 valence electrons. The first kappa shape index (κ1) is 17.1. The molecule has 0 aromatic rings. The number of hydrogen-bond donors (Lipinski definition) is 2. The van der Waals surface area contributed by atoms with Crippen molar-refractivity contribution in [2.75, 3.05) is 18.2 Å². The van der Waals surface area contributed by atoms with Gasteiger partial charge in [0.05, 0.1) is 18.0 Å². The number of thioether (sulfide) groups is 1. The lowest BCUT2D eigenvalue weighted by atomic mass is 10.1. The molecule has 0 radical (unpaired) electrons. The molecule has 0 bridgehead atoms. The van der Waals surface area contributed by atoms with Crippen LogP contribution in [0.5, 0.6) is 0 Å². The lowest BCUT2D eigenvalue weighted by molar-refractivity contribution is -0.127. The molecular weight excluding hydrogens is 280 g/mol. The quantitative estimate of drug-likeness (QED) is 0.818. The highest BCUT2D eigenvalue weighted by atomic mass is 32.2. The fourth-order valence-electron chi connectivity index (χ4n) is 1.62. The zero-order valence-corrected chi connectivity index (χ0v) is 13.5. The predicted molar refractivity (Wildman–Crippen MR) is 78.5 cm³/mol. The maximum atomic E-state index is 12.2. The molecule has 0 unspecified atom stereocenters. The molecule has 1 rings (SSSR count). The number of nitrogens with one attached hydrogen (secondary N) is 1. The van der Waals surface area contributed by atoms with Gasteiger partial charge in [0.1, 0.15) is 11.6 Å². The molecule has 2 amide bonds. The Morgan fingerprint density at radius 1 is 1.35 bits per heavy atom. The molecule has 1 saturated heterocycles. The summed E-state index contributed by atoms with van der Waals surface area (Å²) in [4.78, 5) is 25.7. The Balaban J connectivity index is 2.70. The molecule has 1 aliphatic rings. The number of ether oxygens (including phenoxy) is 1. The Labute approximate surface area is 124 Å². The zero-order valence-electron chi connectivity index (χ0n) is 12.7. The van der Waals surface area contributed by atoms with Gasteiger partial charge >= 0.3 is 6.09 Å². The molecular formula is C13H24N2O4S. The van der Waals surface area contributed by atoms with Gasteiger partial charge in [-0.05, 0) is 34.6 Å². The Morgan fingerprint density at radius 3 is 2.45 bits per heavy atom. The number of aliphatic hydroxyl groups is 1. The van der Waals surface area contributed by atoms with Crippen LogP contribution < -0.4 is 5.32 Å². The third-order valence-corrected chi connectivity index (χ3v) is 3.68. The van der Waals surface area contributed by atoms with E-state index in [2.05, 4.69) is 5.32 Å². The van der Waals surface area contributed by atoms with E-state index in [1.165, 1.54) is 16.7 Å². The average Bonchev–Trinajstić information content (AvgIpc) is 2.75. The van der Waals surface area contributed by atoms with Crippen molar-refractivity contribution in [2.45, 2.75) is 51.8 Å².